The molecule has 0 saturated heterocycles. The molecule has 2 heterocycles. The predicted molar refractivity (Wildman–Crippen MR) is 221 cm³/mol. The average molecular weight is 806 g/mol. The van der Waals surface area contributed by atoms with Crippen molar-refractivity contribution in [3.63, 3.8) is 0 Å². The molecule has 0 unspecified atom stereocenters. The summed E-state index contributed by atoms with van der Waals surface area (Å²) in [6, 6.07) is 8.67. The SMILES string of the molecule is NC(N)=NCCC[C@H](NC(=O)[C@@H](N)CCCN=C(N)N)C(=O)N[C@@H](Cc1c[nH]c2ccccc12)C(=O)N[C@@H](Cc1c[nH]c2ccccc12)C(=O)N[C@@H](CS)C(=O)O. The summed E-state index contributed by atoms with van der Waals surface area (Å²) < 4.78 is 0. The van der Waals surface area contributed by atoms with Gasteiger partial charge in [0.15, 0.2) is 11.9 Å². The number of H-pyrrole nitrogens is 2. The van der Waals surface area contributed by atoms with Crippen LogP contribution in [0.25, 0.3) is 21.8 Å². The van der Waals surface area contributed by atoms with Crippen molar-refractivity contribution in [2.45, 2.75) is 68.7 Å². The van der Waals surface area contributed by atoms with Crippen LogP contribution < -0.4 is 49.9 Å². The van der Waals surface area contributed by atoms with E-state index in [-0.39, 0.29) is 62.9 Å². The topological polar surface area (TPSA) is 340 Å². The summed E-state index contributed by atoms with van der Waals surface area (Å²) in [4.78, 5) is 81.4. The fourth-order valence-corrected chi connectivity index (χ4v) is 6.41. The maximum absolute atomic E-state index is 14.4. The van der Waals surface area contributed by atoms with Gasteiger partial charge in [-0.25, -0.2) is 4.79 Å². The monoisotopic (exact) mass is 805 g/mol. The number of thiol groups is 1. The number of carbonyl (C=O) groups is 5. The van der Waals surface area contributed by atoms with Gasteiger partial charge in [-0.05, 0) is 48.9 Å². The predicted octanol–water partition coefficient (Wildman–Crippen LogP) is -1.18. The maximum Gasteiger partial charge on any atom is 0.327 e. The van der Waals surface area contributed by atoms with Gasteiger partial charge < -0.3 is 65.0 Å². The molecular formula is C37H51N13O6S. The van der Waals surface area contributed by atoms with Gasteiger partial charge in [0, 0.05) is 65.9 Å². The van der Waals surface area contributed by atoms with Crippen LogP contribution in [0.5, 0.6) is 0 Å². The summed E-state index contributed by atoms with van der Waals surface area (Å²) in [5.74, 6) is -4.59. The zero-order valence-electron chi connectivity index (χ0n) is 31.2. The summed E-state index contributed by atoms with van der Waals surface area (Å²) in [7, 11) is 0. The van der Waals surface area contributed by atoms with Crippen molar-refractivity contribution in [1.82, 2.24) is 31.2 Å². The van der Waals surface area contributed by atoms with Gasteiger partial charge in [0.25, 0.3) is 0 Å². The Morgan fingerprint density at radius 3 is 1.51 bits per heavy atom. The molecule has 306 valence electrons. The van der Waals surface area contributed by atoms with E-state index in [0.717, 1.165) is 21.8 Å². The molecule has 2 aromatic carbocycles. The fourth-order valence-electron chi connectivity index (χ4n) is 6.16. The highest BCUT2D eigenvalue weighted by atomic mass is 32.1. The number of nitrogens with one attached hydrogen (secondary N) is 6. The van der Waals surface area contributed by atoms with Gasteiger partial charge in [-0.15, -0.1) is 0 Å². The van der Waals surface area contributed by atoms with Crippen LogP contribution in [0.15, 0.2) is 70.9 Å². The van der Waals surface area contributed by atoms with Crippen molar-refractivity contribution in [2.24, 2.45) is 38.7 Å². The quantitative estimate of drug-likeness (QED) is 0.0194. The molecule has 0 aliphatic rings. The Hall–Kier alpha value is -6.28. The van der Waals surface area contributed by atoms with E-state index in [1.807, 2.05) is 48.5 Å². The Balaban J connectivity index is 1.64. The van der Waals surface area contributed by atoms with Crippen molar-refractivity contribution in [3.05, 3.63) is 72.1 Å². The number of hydrogen-bond acceptors (Lipinski definition) is 9. The normalized spacial score (nSPS) is 13.7. The number of para-hydroxylation sites is 2. The largest absolute Gasteiger partial charge is 0.480 e. The molecule has 4 amide bonds. The smallest absolute Gasteiger partial charge is 0.327 e. The number of amides is 4. The van der Waals surface area contributed by atoms with Crippen LogP contribution in [0.2, 0.25) is 0 Å². The number of fused-ring (bicyclic) bond motifs is 2. The second kappa shape index (κ2) is 21.1. The lowest BCUT2D eigenvalue weighted by atomic mass is 10.0. The first-order chi connectivity index (χ1) is 27.3. The highest BCUT2D eigenvalue weighted by Crippen LogP contribution is 2.21. The molecule has 0 fully saturated rings. The highest BCUT2D eigenvalue weighted by molar-refractivity contribution is 7.80. The number of aliphatic carboxylic acids is 1. The van der Waals surface area contributed by atoms with Crippen molar-refractivity contribution >= 4 is 76.0 Å². The van der Waals surface area contributed by atoms with Gasteiger partial charge in [0.1, 0.15) is 24.2 Å². The number of nitrogens with zero attached hydrogens (tertiary/aromatic N) is 2. The number of carboxylic acid groups (broad SMARTS) is 1. The van der Waals surface area contributed by atoms with E-state index < -0.39 is 59.8 Å². The fraction of sp³-hybridized carbons (Fsp3) is 0.378. The van der Waals surface area contributed by atoms with Crippen molar-refractivity contribution < 1.29 is 29.1 Å². The molecule has 57 heavy (non-hydrogen) atoms. The lowest BCUT2D eigenvalue weighted by Crippen LogP contribution is -2.59. The molecule has 4 aromatic rings. The Morgan fingerprint density at radius 1 is 0.632 bits per heavy atom. The number of hydrogen-bond donors (Lipinski definition) is 13. The van der Waals surface area contributed by atoms with Gasteiger partial charge in [-0.1, -0.05) is 36.4 Å². The zero-order chi connectivity index (χ0) is 41.5. The van der Waals surface area contributed by atoms with Gasteiger partial charge >= 0.3 is 5.97 Å². The third kappa shape index (κ3) is 12.9. The standard InChI is InChI=1S/C37H51N13O6S/c38-24(9-5-13-43-36(39)40)31(51)47-27(12-6-14-44-37(41)42)32(52)48-28(15-20-17-45-25-10-3-1-7-22(20)25)33(53)49-29(34(54)50-30(19-57)35(55)56)16-21-18-46-26-11-4-2-8-23(21)26/h1-4,7-8,10-11,17-18,24,27-30,45-46,57H,5-6,9,12-16,19,38H2,(H,47,51)(H,48,52)(H,49,53)(H,50,54)(H,55,56)(H4,39,40,43)(H4,41,42,44)/t24-,27-,28-,29-,30-/m0/s1. The Kier molecular flexibility index (Phi) is 16.1. The van der Waals surface area contributed by atoms with E-state index in [4.69, 9.17) is 28.7 Å². The minimum atomic E-state index is -1.34. The van der Waals surface area contributed by atoms with Crippen LogP contribution >= 0.6 is 12.6 Å². The van der Waals surface area contributed by atoms with Crippen molar-refractivity contribution in [1.29, 1.82) is 0 Å². The van der Waals surface area contributed by atoms with Crippen LogP contribution in [0.3, 0.4) is 0 Å². The van der Waals surface area contributed by atoms with E-state index in [1.54, 1.807) is 12.4 Å². The molecule has 0 spiro atoms. The van der Waals surface area contributed by atoms with Crippen molar-refractivity contribution in [2.75, 3.05) is 18.8 Å². The van der Waals surface area contributed by atoms with E-state index in [0.29, 0.717) is 17.5 Å². The van der Waals surface area contributed by atoms with Crippen LogP contribution in [-0.4, -0.2) is 106 Å². The average Bonchev–Trinajstić information content (AvgIpc) is 3.79. The van der Waals surface area contributed by atoms with Crippen molar-refractivity contribution in [3.8, 4) is 0 Å². The number of carbonyl (C=O) groups excluding carboxylic acids is 4. The first-order valence-electron chi connectivity index (χ1n) is 18.3. The van der Waals surface area contributed by atoms with Crippen LogP contribution in [0.1, 0.15) is 36.8 Å². The number of carboxylic acids is 1. The molecule has 0 saturated carbocycles. The lowest BCUT2D eigenvalue weighted by Gasteiger charge is -2.26. The molecule has 5 atom stereocenters. The molecule has 17 N–H and O–H groups in total. The number of benzene rings is 2. The summed E-state index contributed by atoms with van der Waals surface area (Å²) in [5, 5.41) is 21.9. The Morgan fingerprint density at radius 2 is 1.05 bits per heavy atom. The summed E-state index contributed by atoms with van der Waals surface area (Å²) >= 11 is 4.07. The highest BCUT2D eigenvalue weighted by Gasteiger charge is 2.33. The molecule has 0 radical (unpaired) electrons. The number of nitrogens with two attached hydrogens (primary N) is 5. The van der Waals surface area contributed by atoms with E-state index >= 15 is 0 Å². The number of aromatic amines is 2. The number of rotatable bonds is 22. The van der Waals surface area contributed by atoms with Crippen LogP contribution in [-0.2, 0) is 36.8 Å². The van der Waals surface area contributed by atoms with E-state index in [9.17, 15) is 29.1 Å². The van der Waals surface area contributed by atoms with Crippen LogP contribution in [0, 0.1) is 0 Å². The molecule has 19 nitrogen and oxygen atoms in total. The second-order valence-corrected chi connectivity index (χ2v) is 13.8. The van der Waals surface area contributed by atoms with Gasteiger partial charge in [0.2, 0.25) is 23.6 Å². The third-order valence-electron chi connectivity index (χ3n) is 9.14. The second-order valence-electron chi connectivity index (χ2n) is 13.4. The molecule has 20 heteroatoms. The Labute approximate surface area is 333 Å². The lowest BCUT2D eigenvalue weighted by molar-refractivity contribution is -0.141. The van der Waals surface area contributed by atoms with E-state index in [2.05, 4.69) is 53.8 Å². The maximum atomic E-state index is 14.4. The van der Waals surface area contributed by atoms with Gasteiger partial charge in [-0.2, -0.15) is 12.6 Å². The van der Waals surface area contributed by atoms with E-state index in [1.165, 1.54) is 0 Å². The molecular weight excluding hydrogens is 755 g/mol. The van der Waals surface area contributed by atoms with Gasteiger partial charge in [0.05, 0.1) is 6.04 Å². The Bertz CT molecular complexity index is 2070. The number of aromatic nitrogens is 2. The van der Waals surface area contributed by atoms with Crippen LogP contribution in [0.4, 0.5) is 0 Å². The summed E-state index contributed by atoms with van der Waals surface area (Å²) in [5.41, 5.74) is 30.8. The molecule has 2 aromatic heterocycles. The number of aliphatic imine (C=N–C) groups is 2. The summed E-state index contributed by atoms with van der Waals surface area (Å²) in [6.07, 6.45) is 4.32. The summed E-state index contributed by atoms with van der Waals surface area (Å²) in [6.45, 7) is 0.404. The molecule has 0 bridgehead atoms. The molecule has 4 rings (SSSR count). The third-order valence-corrected chi connectivity index (χ3v) is 9.51. The minimum Gasteiger partial charge on any atom is -0.480 e. The minimum absolute atomic E-state index is 0.0290. The first-order valence-corrected chi connectivity index (χ1v) is 18.9. The zero-order valence-corrected chi connectivity index (χ0v) is 32.1. The first kappa shape index (κ1) is 43.4. The molecule has 0 aliphatic carbocycles. The van der Waals surface area contributed by atoms with Gasteiger partial charge in [-0.3, -0.25) is 29.2 Å². The molecule has 0 aliphatic heterocycles. The number of guanidine groups is 2.